The molecule has 0 amide bonds. The van der Waals surface area contributed by atoms with E-state index in [9.17, 15) is 0 Å². The maximum atomic E-state index is 5.35. The molecule has 1 aromatic rings. The van der Waals surface area contributed by atoms with E-state index in [4.69, 9.17) is 4.42 Å². The Hall–Kier alpha value is -1.25. The lowest BCUT2D eigenvalue weighted by Crippen LogP contribution is -1.94. The molecule has 3 nitrogen and oxygen atoms in total. The molecule has 66 valence electrons. The van der Waals surface area contributed by atoms with E-state index in [-0.39, 0.29) is 0 Å². The molecule has 0 aliphatic carbocycles. The Bertz CT molecular complexity index is 299. The first-order valence-corrected chi connectivity index (χ1v) is 3.80. The maximum Gasteiger partial charge on any atom is 0.110 e. The summed E-state index contributed by atoms with van der Waals surface area (Å²) < 4.78 is 5.35. The molecular weight excluding hydrogens is 154 g/mol. The van der Waals surface area contributed by atoms with Crippen LogP contribution in [0.1, 0.15) is 24.0 Å². The highest BCUT2D eigenvalue weighted by Gasteiger charge is 2.07. The largest absolute Gasteiger partial charge is 0.466 e. The van der Waals surface area contributed by atoms with Gasteiger partial charge in [-0.2, -0.15) is 0 Å². The van der Waals surface area contributed by atoms with E-state index in [0.29, 0.717) is 0 Å². The molecule has 0 aliphatic heterocycles. The molecule has 0 fully saturated rings. The third-order valence-corrected chi connectivity index (χ3v) is 1.66. The van der Waals surface area contributed by atoms with Crippen molar-refractivity contribution in [2.75, 3.05) is 7.11 Å². The first kappa shape index (κ1) is 8.84. The zero-order valence-electron chi connectivity index (χ0n) is 7.84. The van der Waals surface area contributed by atoms with Crippen LogP contribution in [0.15, 0.2) is 15.6 Å². The van der Waals surface area contributed by atoms with E-state index < -0.39 is 0 Å². The topological polar surface area (TPSA) is 34.7 Å². The lowest BCUT2D eigenvalue weighted by atomic mass is 10.2. The smallest absolute Gasteiger partial charge is 0.110 e. The van der Waals surface area contributed by atoms with Crippen molar-refractivity contribution >= 4 is 5.71 Å². The minimum absolute atomic E-state index is 0.840. The first-order valence-electron chi connectivity index (χ1n) is 3.80. The molecule has 0 N–H and O–H groups in total. The zero-order chi connectivity index (χ0) is 9.14. The van der Waals surface area contributed by atoms with Gasteiger partial charge in [0.15, 0.2) is 0 Å². The van der Waals surface area contributed by atoms with Crippen molar-refractivity contribution in [2.45, 2.75) is 20.8 Å². The summed E-state index contributed by atoms with van der Waals surface area (Å²) in [5.41, 5.74) is 1.85. The van der Waals surface area contributed by atoms with Crippen LogP contribution in [-0.4, -0.2) is 12.8 Å². The quantitative estimate of drug-likeness (QED) is 0.500. The predicted octanol–water partition coefficient (Wildman–Crippen LogP) is 2.27. The second kappa shape index (κ2) is 3.43. The zero-order valence-corrected chi connectivity index (χ0v) is 7.84. The second-order valence-electron chi connectivity index (χ2n) is 2.69. The number of nitrogens with zero attached hydrogens (tertiary/aromatic N) is 1. The molecule has 1 rings (SSSR count). The van der Waals surface area contributed by atoms with E-state index in [0.717, 1.165) is 22.8 Å². The third-order valence-electron chi connectivity index (χ3n) is 1.66. The van der Waals surface area contributed by atoms with Gasteiger partial charge < -0.3 is 9.25 Å². The van der Waals surface area contributed by atoms with Crippen molar-refractivity contribution in [1.29, 1.82) is 0 Å². The molecule has 0 bridgehead atoms. The van der Waals surface area contributed by atoms with Gasteiger partial charge in [-0.25, -0.2) is 0 Å². The molecule has 0 aliphatic rings. The summed E-state index contributed by atoms with van der Waals surface area (Å²) in [6.07, 6.45) is 0. The average molecular weight is 167 g/mol. The van der Waals surface area contributed by atoms with Gasteiger partial charge in [0.2, 0.25) is 0 Å². The van der Waals surface area contributed by atoms with Gasteiger partial charge in [0.05, 0.1) is 5.71 Å². The number of furan rings is 1. The number of hydrogen-bond donors (Lipinski definition) is 0. The third kappa shape index (κ3) is 1.67. The number of oxime groups is 1. The van der Waals surface area contributed by atoms with Crippen molar-refractivity contribution in [3.05, 3.63) is 23.2 Å². The van der Waals surface area contributed by atoms with Crippen LogP contribution in [0.4, 0.5) is 0 Å². The first-order chi connectivity index (χ1) is 5.65. The van der Waals surface area contributed by atoms with Crippen LogP contribution in [-0.2, 0) is 4.84 Å². The minimum Gasteiger partial charge on any atom is -0.466 e. The summed E-state index contributed by atoms with van der Waals surface area (Å²) in [5.74, 6) is 1.78. The van der Waals surface area contributed by atoms with Crippen LogP contribution in [0.2, 0.25) is 0 Å². The van der Waals surface area contributed by atoms with Gasteiger partial charge in [-0.15, -0.1) is 0 Å². The summed E-state index contributed by atoms with van der Waals surface area (Å²) in [5, 5.41) is 3.83. The van der Waals surface area contributed by atoms with Crippen LogP contribution in [0, 0.1) is 13.8 Å². The maximum absolute atomic E-state index is 5.35. The van der Waals surface area contributed by atoms with Crippen molar-refractivity contribution in [3.63, 3.8) is 0 Å². The van der Waals surface area contributed by atoms with Crippen LogP contribution in [0.5, 0.6) is 0 Å². The summed E-state index contributed by atoms with van der Waals surface area (Å²) in [6, 6.07) is 1.95. The van der Waals surface area contributed by atoms with Crippen molar-refractivity contribution in [2.24, 2.45) is 5.16 Å². The standard InChI is InChI=1S/C9H13NO2/c1-6-5-9(8(3)12-6)7(2)10-11-4/h5H,1-4H3/b10-7-. The second-order valence-corrected chi connectivity index (χ2v) is 2.69. The number of aryl methyl sites for hydroxylation is 2. The Labute approximate surface area is 72.0 Å². The lowest BCUT2D eigenvalue weighted by molar-refractivity contribution is 0.213. The van der Waals surface area contributed by atoms with Gasteiger partial charge >= 0.3 is 0 Å². The Balaban J connectivity index is 3.02. The molecule has 0 spiro atoms. The minimum atomic E-state index is 0.840. The molecule has 1 heterocycles. The van der Waals surface area contributed by atoms with Gasteiger partial charge in [-0.1, -0.05) is 5.16 Å². The molecule has 0 saturated carbocycles. The molecule has 3 heteroatoms. The van der Waals surface area contributed by atoms with E-state index in [2.05, 4.69) is 9.99 Å². The van der Waals surface area contributed by atoms with Crippen LogP contribution < -0.4 is 0 Å². The average Bonchev–Trinajstić information content (AvgIpc) is 2.30. The van der Waals surface area contributed by atoms with Crippen molar-refractivity contribution in [3.8, 4) is 0 Å². The fourth-order valence-electron chi connectivity index (χ4n) is 1.18. The number of rotatable bonds is 2. The van der Waals surface area contributed by atoms with Crippen LogP contribution >= 0.6 is 0 Å². The van der Waals surface area contributed by atoms with Gasteiger partial charge in [0.1, 0.15) is 18.6 Å². The highest BCUT2D eigenvalue weighted by atomic mass is 16.6. The van der Waals surface area contributed by atoms with E-state index in [1.807, 2.05) is 26.8 Å². The van der Waals surface area contributed by atoms with Gasteiger partial charge in [0.25, 0.3) is 0 Å². The SMILES string of the molecule is CO/N=C(/C)c1cc(C)oc1C. The molecule has 0 radical (unpaired) electrons. The normalized spacial score (nSPS) is 11.8. The molecule has 12 heavy (non-hydrogen) atoms. The molecule has 1 aromatic heterocycles. The van der Waals surface area contributed by atoms with Gasteiger partial charge in [-0.3, -0.25) is 0 Å². The summed E-state index contributed by atoms with van der Waals surface area (Å²) in [6.45, 7) is 5.72. The molecular formula is C9H13NO2. The fraction of sp³-hybridized carbons (Fsp3) is 0.444. The fourth-order valence-corrected chi connectivity index (χ4v) is 1.18. The van der Waals surface area contributed by atoms with Crippen LogP contribution in [0.25, 0.3) is 0 Å². The van der Waals surface area contributed by atoms with E-state index >= 15 is 0 Å². The number of hydrogen-bond acceptors (Lipinski definition) is 3. The molecule has 0 unspecified atom stereocenters. The summed E-state index contributed by atoms with van der Waals surface area (Å²) >= 11 is 0. The van der Waals surface area contributed by atoms with Crippen molar-refractivity contribution in [1.82, 2.24) is 0 Å². The molecule has 0 atom stereocenters. The van der Waals surface area contributed by atoms with Gasteiger partial charge in [-0.05, 0) is 26.8 Å². The van der Waals surface area contributed by atoms with Gasteiger partial charge in [0, 0.05) is 5.56 Å². The van der Waals surface area contributed by atoms with Crippen LogP contribution in [0.3, 0.4) is 0 Å². The highest BCUT2D eigenvalue weighted by molar-refractivity contribution is 5.99. The lowest BCUT2D eigenvalue weighted by Gasteiger charge is -1.95. The summed E-state index contributed by atoms with van der Waals surface area (Å²) in [7, 11) is 1.53. The Morgan fingerprint density at radius 1 is 1.50 bits per heavy atom. The predicted molar refractivity (Wildman–Crippen MR) is 47.4 cm³/mol. The monoisotopic (exact) mass is 167 g/mol. The van der Waals surface area contributed by atoms with E-state index in [1.54, 1.807) is 0 Å². The van der Waals surface area contributed by atoms with Crippen molar-refractivity contribution < 1.29 is 9.25 Å². The molecule has 0 saturated heterocycles. The Kier molecular flexibility index (Phi) is 2.53. The summed E-state index contributed by atoms with van der Waals surface area (Å²) in [4.78, 5) is 4.67. The molecule has 0 aromatic carbocycles. The Morgan fingerprint density at radius 3 is 2.58 bits per heavy atom. The highest BCUT2D eigenvalue weighted by Crippen LogP contribution is 2.14. The van der Waals surface area contributed by atoms with E-state index in [1.165, 1.54) is 7.11 Å². The Morgan fingerprint density at radius 2 is 2.17 bits per heavy atom.